The van der Waals surface area contributed by atoms with Gasteiger partial charge in [-0.05, 0) is 42.0 Å². The van der Waals surface area contributed by atoms with Gasteiger partial charge in [0.15, 0.2) is 5.58 Å². The Bertz CT molecular complexity index is 1020. The summed E-state index contributed by atoms with van der Waals surface area (Å²) in [5, 5.41) is 5.27. The highest BCUT2D eigenvalue weighted by molar-refractivity contribution is 9.10. The molecule has 0 unspecified atom stereocenters. The first-order chi connectivity index (χ1) is 12.2. The van der Waals surface area contributed by atoms with Crippen molar-refractivity contribution in [1.82, 2.24) is 10.1 Å². The molecule has 2 N–H and O–H groups in total. The number of halogens is 2. The van der Waals surface area contributed by atoms with E-state index in [1.807, 2.05) is 60.7 Å². The first-order valence-corrected chi connectivity index (χ1v) is 8.81. The van der Waals surface area contributed by atoms with Crippen molar-refractivity contribution in [3.05, 3.63) is 82.6 Å². The van der Waals surface area contributed by atoms with Crippen molar-refractivity contribution < 1.29 is 4.52 Å². The summed E-state index contributed by atoms with van der Waals surface area (Å²) >= 11 is 3.55. The molecule has 132 valence electrons. The topological polar surface area (TPSA) is 64.9 Å². The monoisotopic (exact) mass is 429 g/mol. The van der Waals surface area contributed by atoms with Gasteiger partial charge in [-0.1, -0.05) is 45.4 Å². The Kier molecular flexibility index (Phi) is 5.71. The van der Waals surface area contributed by atoms with E-state index in [0.717, 1.165) is 38.0 Å². The maximum atomic E-state index is 6.53. The van der Waals surface area contributed by atoms with E-state index in [-0.39, 0.29) is 18.4 Å². The predicted molar refractivity (Wildman–Crippen MR) is 109 cm³/mol. The lowest BCUT2D eigenvalue weighted by molar-refractivity contribution is 0.459. The van der Waals surface area contributed by atoms with E-state index >= 15 is 0 Å². The summed E-state index contributed by atoms with van der Waals surface area (Å²) < 4.78 is 6.45. The summed E-state index contributed by atoms with van der Waals surface area (Å²) in [5.74, 6) is 0. The third-order valence-corrected chi connectivity index (χ3v) is 4.69. The van der Waals surface area contributed by atoms with Crippen molar-refractivity contribution in [3.63, 3.8) is 0 Å². The molecule has 0 saturated carbocycles. The van der Waals surface area contributed by atoms with Crippen LogP contribution in [-0.2, 0) is 6.42 Å². The molecule has 0 bridgehead atoms. The van der Waals surface area contributed by atoms with Crippen LogP contribution < -0.4 is 5.73 Å². The SMILES string of the molecule is Cl.N[C@@H](Cc1ccccn1)c1cc(Br)ccc1-c1noc2ccccc12. The number of nitrogens with two attached hydrogens (primary N) is 1. The first-order valence-electron chi connectivity index (χ1n) is 8.02. The minimum Gasteiger partial charge on any atom is -0.356 e. The minimum absolute atomic E-state index is 0. The molecular weight excluding hydrogens is 414 g/mol. The molecule has 2 aromatic heterocycles. The van der Waals surface area contributed by atoms with Crippen LogP contribution in [0.4, 0.5) is 0 Å². The fraction of sp³-hybridized carbons (Fsp3) is 0.100. The minimum atomic E-state index is -0.196. The largest absolute Gasteiger partial charge is 0.356 e. The lowest BCUT2D eigenvalue weighted by Crippen LogP contribution is -2.15. The molecule has 0 amide bonds. The van der Waals surface area contributed by atoms with Crippen LogP contribution in [0.25, 0.3) is 22.2 Å². The van der Waals surface area contributed by atoms with Gasteiger partial charge in [-0.25, -0.2) is 0 Å². The van der Waals surface area contributed by atoms with E-state index in [1.54, 1.807) is 6.20 Å². The summed E-state index contributed by atoms with van der Waals surface area (Å²) in [7, 11) is 0. The highest BCUT2D eigenvalue weighted by atomic mass is 79.9. The Balaban J connectivity index is 0.00000196. The summed E-state index contributed by atoms with van der Waals surface area (Å²) in [5.41, 5.74) is 11.1. The van der Waals surface area contributed by atoms with Gasteiger partial charge in [0.2, 0.25) is 0 Å². The zero-order valence-electron chi connectivity index (χ0n) is 13.8. The Hall–Kier alpha value is -2.21. The number of rotatable bonds is 4. The number of benzene rings is 2. The summed E-state index contributed by atoms with van der Waals surface area (Å²) in [6.45, 7) is 0. The lowest BCUT2D eigenvalue weighted by atomic mass is 9.94. The molecule has 4 aromatic rings. The Labute approximate surface area is 166 Å². The quantitative estimate of drug-likeness (QED) is 0.476. The highest BCUT2D eigenvalue weighted by Gasteiger charge is 2.18. The van der Waals surface area contributed by atoms with Gasteiger partial charge in [0.25, 0.3) is 0 Å². The molecule has 0 fully saturated rings. The molecule has 4 nitrogen and oxygen atoms in total. The molecule has 2 heterocycles. The summed E-state index contributed by atoms with van der Waals surface area (Å²) in [4.78, 5) is 4.38. The number of hydrogen-bond acceptors (Lipinski definition) is 4. The van der Waals surface area contributed by atoms with Crippen molar-refractivity contribution in [2.45, 2.75) is 12.5 Å². The second-order valence-electron chi connectivity index (χ2n) is 5.89. The van der Waals surface area contributed by atoms with Crippen LogP contribution in [0, 0.1) is 0 Å². The standard InChI is InChI=1S/C20H16BrN3O.ClH/c21-13-8-9-15(20-16-6-1-2-7-19(16)25-24-20)17(11-13)18(22)12-14-5-3-4-10-23-14;/h1-11,18H,12,22H2;1H/t18-;/m0./s1. The van der Waals surface area contributed by atoms with Crippen molar-refractivity contribution >= 4 is 39.3 Å². The molecule has 2 aromatic carbocycles. The second-order valence-corrected chi connectivity index (χ2v) is 6.81. The maximum absolute atomic E-state index is 6.53. The van der Waals surface area contributed by atoms with Gasteiger partial charge in [-0.2, -0.15) is 0 Å². The van der Waals surface area contributed by atoms with Crippen molar-refractivity contribution in [1.29, 1.82) is 0 Å². The van der Waals surface area contributed by atoms with Crippen LogP contribution in [0.3, 0.4) is 0 Å². The number of aromatic nitrogens is 2. The number of hydrogen-bond donors (Lipinski definition) is 1. The van der Waals surface area contributed by atoms with Crippen molar-refractivity contribution in [3.8, 4) is 11.3 Å². The van der Waals surface area contributed by atoms with Crippen LogP contribution in [-0.4, -0.2) is 10.1 Å². The molecule has 1 atom stereocenters. The van der Waals surface area contributed by atoms with Gasteiger partial charge in [0.05, 0.1) is 0 Å². The van der Waals surface area contributed by atoms with Gasteiger partial charge in [0, 0.05) is 39.8 Å². The zero-order valence-corrected chi connectivity index (χ0v) is 16.2. The van der Waals surface area contributed by atoms with Crippen LogP contribution in [0.2, 0.25) is 0 Å². The Morgan fingerprint density at radius 1 is 1.04 bits per heavy atom. The average molecular weight is 431 g/mol. The maximum Gasteiger partial charge on any atom is 0.167 e. The molecule has 0 radical (unpaired) electrons. The van der Waals surface area contributed by atoms with E-state index in [2.05, 4.69) is 26.1 Å². The Morgan fingerprint density at radius 2 is 1.85 bits per heavy atom. The molecule has 26 heavy (non-hydrogen) atoms. The number of para-hydroxylation sites is 1. The van der Waals surface area contributed by atoms with Gasteiger partial charge in [0.1, 0.15) is 5.69 Å². The van der Waals surface area contributed by atoms with Gasteiger partial charge in [-0.3, -0.25) is 4.98 Å². The normalized spacial score (nSPS) is 11.9. The fourth-order valence-electron chi connectivity index (χ4n) is 2.99. The molecule has 6 heteroatoms. The molecular formula is C20H17BrClN3O. The third kappa shape index (κ3) is 3.65. The number of fused-ring (bicyclic) bond motifs is 1. The number of pyridine rings is 1. The first kappa shape index (κ1) is 18.6. The third-order valence-electron chi connectivity index (χ3n) is 4.20. The Morgan fingerprint density at radius 3 is 2.65 bits per heavy atom. The molecule has 0 aliphatic carbocycles. The molecule has 0 aliphatic heterocycles. The van der Waals surface area contributed by atoms with E-state index in [9.17, 15) is 0 Å². The highest BCUT2D eigenvalue weighted by Crippen LogP contribution is 2.34. The zero-order chi connectivity index (χ0) is 17.2. The lowest BCUT2D eigenvalue weighted by Gasteiger charge is -2.16. The summed E-state index contributed by atoms with van der Waals surface area (Å²) in [6, 6.07) is 19.6. The second kappa shape index (κ2) is 7.99. The van der Waals surface area contributed by atoms with E-state index in [4.69, 9.17) is 10.3 Å². The van der Waals surface area contributed by atoms with Crippen molar-refractivity contribution in [2.24, 2.45) is 5.73 Å². The van der Waals surface area contributed by atoms with E-state index in [0.29, 0.717) is 6.42 Å². The van der Waals surface area contributed by atoms with E-state index in [1.165, 1.54) is 0 Å². The molecule has 0 spiro atoms. The molecule has 0 saturated heterocycles. The molecule has 0 aliphatic rings. The smallest absolute Gasteiger partial charge is 0.167 e. The van der Waals surface area contributed by atoms with Gasteiger partial charge >= 0.3 is 0 Å². The van der Waals surface area contributed by atoms with Crippen LogP contribution in [0.15, 0.2) is 75.9 Å². The van der Waals surface area contributed by atoms with Crippen LogP contribution in [0.1, 0.15) is 17.3 Å². The fourth-order valence-corrected chi connectivity index (χ4v) is 3.37. The van der Waals surface area contributed by atoms with E-state index < -0.39 is 0 Å². The van der Waals surface area contributed by atoms with Crippen LogP contribution in [0.5, 0.6) is 0 Å². The number of nitrogens with zero attached hydrogens (tertiary/aromatic N) is 2. The van der Waals surface area contributed by atoms with Gasteiger partial charge < -0.3 is 10.3 Å². The predicted octanol–water partition coefficient (Wildman–Crippen LogP) is 5.32. The summed E-state index contributed by atoms with van der Waals surface area (Å²) in [6.07, 6.45) is 2.44. The molecule has 4 rings (SSSR count). The van der Waals surface area contributed by atoms with Gasteiger partial charge in [-0.15, -0.1) is 12.4 Å². The van der Waals surface area contributed by atoms with Crippen LogP contribution >= 0.6 is 28.3 Å². The van der Waals surface area contributed by atoms with Crippen molar-refractivity contribution in [2.75, 3.05) is 0 Å². The average Bonchev–Trinajstić information content (AvgIpc) is 3.06.